The summed E-state index contributed by atoms with van der Waals surface area (Å²) >= 11 is 4.31. The minimum atomic E-state index is -0.481. The molecular formula is C7H7BrO3S. The maximum absolute atomic E-state index is 11.1. The first-order valence-corrected chi connectivity index (χ1v) is 4.91. The van der Waals surface area contributed by atoms with Gasteiger partial charge in [0, 0.05) is 6.07 Å². The van der Waals surface area contributed by atoms with Crippen molar-refractivity contribution in [3.63, 3.8) is 0 Å². The Balaban J connectivity index is 2.87. The quantitative estimate of drug-likeness (QED) is 0.821. The van der Waals surface area contributed by atoms with Gasteiger partial charge in [-0.25, -0.2) is 4.79 Å². The Morgan fingerprint density at radius 3 is 2.92 bits per heavy atom. The highest BCUT2D eigenvalue weighted by molar-refractivity contribution is 9.11. The molecule has 0 atom stereocenters. The van der Waals surface area contributed by atoms with Crippen molar-refractivity contribution < 1.29 is 14.6 Å². The molecule has 1 aromatic heterocycles. The Bertz CT molecular complexity index is 295. The fourth-order valence-electron chi connectivity index (χ4n) is 0.695. The van der Waals surface area contributed by atoms with Crippen molar-refractivity contribution in [2.24, 2.45) is 0 Å². The lowest BCUT2D eigenvalue weighted by Gasteiger charge is -1.97. The zero-order valence-corrected chi connectivity index (χ0v) is 8.74. The molecule has 1 aromatic rings. The van der Waals surface area contributed by atoms with E-state index in [1.165, 1.54) is 6.07 Å². The molecule has 0 amide bonds. The Morgan fingerprint density at radius 2 is 2.50 bits per heavy atom. The molecule has 0 radical (unpaired) electrons. The van der Waals surface area contributed by atoms with E-state index in [9.17, 15) is 9.90 Å². The first-order chi connectivity index (χ1) is 5.65. The highest BCUT2D eigenvalue weighted by Crippen LogP contribution is 2.32. The van der Waals surface area contributed by atoms with E-state index in [1.54, 1.807) is 6.92 Å². The number of halogens is 1. The number of carbonyl (C=O) groups excluding carboxylic acids is 1. The molecule has 0 saturated heterocycles. The molecule has 1 rings (SSSR count). The normalized spacial score (nSPS) is 9.83. The summed E-state index contributed by atoms with van der Waals surface area (Å²) in [7, 11) is 0. The molecule has 5 heteroatoms. The zero-order chi connectivity index (χ0) is 9.14. The summed E-state index contributed by atoms with van der Waals surface area (Å²) in [5.41, 5.74) is 0. The first-order valence-electron chi connectivity index (χ1n) is 3.30. The predicted molar refractivity (Wildman–Crippen MR) is 49.6 cm³/mol. The molecule has 0 fully saturated rings. The van der Waals surface area contributed by atoms with E-state index >= 15 is 0 Å². The van der Waals surface area contributed by atoms with Gasteiger partial charge in [0.1, 0.15) is 5.75 Å². The lowest BCUT2D eigenvalue weighted by Crippen LogP contribution is -2.01. The number of hydrogen-bond donors (Lipinski definition) is 1. The average molecular weight is 251 g/mol. The molecule has 0 bridgehead atoms. The lowest BCUT2D eigenvalue weighted by atomic mass is 10.4. The van der Waals surface area contributed by atoms with Gasteiger partial charge in [0.15, 0.2) is 4.88 Å². The Hall–Kier alpha value is -0.550. The van der Waals surface area contributed by atoms with Gasteiger partial charge in [-0.05, 0) is 22.9 Å². The van der Waals surface area contributed by atoms with Gasteiger partial charge >= 0.3 is 5.97 Å². The van der Waals surface area contributed by atoms with E-state index in [4.69, 9.17) is 4.74 Å². The number of aromatic hydroxyl groups is 1. The van der Waals surface area contributed by atoms with E-state index < -0.39 is 5.97 Å². The fraction of sp³-hybridized carbons (Fsp3) is 0.286. The van der Waals surface area contributed by atoms with Crippen molar-refractivity contribution in [3.05, 3.63) is 14.7 Å². The molecule has 0 spiro atoms. The predicted octanol–water partition coefficient (Wildman–Crippen LogP) is 2.39. The second-order valence-corrected chi connectivity index (χ2v) is 4.42. The number of carbonyl (C=O) groups is 1. The lowest BCUT2D eigenvalue weighted by molar-refractivity contribution is 0.0529. The van der Waals surface area contributed by atoms with Crippen LogP contribution in [0.5, 0.6) is 5.75 Å². The summed E-state index contributed by atoms with van der Waals surface area (Å²) in [4.78, 5) is 11.3. The van der Waals surface area contributed by atoms with Crippen LogP contribution >= 0.6 is 27.3 Å². The highest BCUT2D eigenvalue weighted by atomic mass is 79.9. The number of hydrogen-bond acceptors (Lipinski definition) is 4. The Morgan fingerprint density at radius 1 is 1.83 bits per heavy atom. The molecule has 1 heterocycles. The largest absolute Gasteiger partial charge is 0.506 e. The van der Waals surface area contributed by atoms with E-state index in [2.05, 4.69) is 15.9 Å². The van der Waals surface area contributed by atoms with Crippen LogP contribution in [0.3, 0.4) is 0 Å². The standard InChI is InChI=1S/C7H7BrO3S/c1-2-11-7(10)6-4(9)3-5(8)12-6/h3,9H,2H2,1H3. The molecule has 0 saturated carbocycles. The van der Waals surface area contributed by atoms with E-state index in [-0.39, 0.29) is 10.6 Å². The van der Waals surface area contributed by atoms with Crippen LogP contribution in [0.25, 0.3) is 0 Å². The smallest absolute Gasteiger partial charge is 0.352 e. The molecule has 66 valence electrons. The molecule has 0 aliphatic heterocycles. The van der Waals surface area contributed by atoms with Crippen molar-refractivity contribution in [1.29, 1.82) is 0 Å². The molecule has 0 aromatic carbocycles. The average Bonchev–Trinajstić information content (AvgIpc) is 2.30. The van der Waals surface area contributed by atoms with Gasteiger partial charge < -0.3 is 9.84 Å². The minimum absolute atomic E-state index is 0.0367. The van der Waals surface area contributed by atoms with Gasteiger partial charge in [-0.1, -0.05) is 0 Å². The summed E-state index contributed by atoms with van der Waals surface area (Å²) in [5.74, 6) is -0.518. The molecule has 3 nitrogen and oxygen atoms in total. The second kappa shape index (κ2) is 3.91. The van der Waals surface area contributed by atoms with Crippen LogP contribution < -0.4 is 0 Å². The molecule has 12 heavy (non-hydrogen) atoms. The monoisotopic (exact) mass is 250 g/mol. The third-order valence-corrected chi connectivity index (χ3v) is 2.75. The zero-order valence-electron chi connectivity index (χ0n) is 6.33. The van der Waals surface area contributed by atoms with E-state index in [0.717, 1.165) is 11.3 Å². The minimum Gasteiger partial charge on any atom is -0.506 e. The van der Waals surface area contributed by atoms with Crippen LogP contribution in [-0.2, 0) is 4.74 Å². The topological polar surface area (TPSA) is 46.5 Å². The summed E-state index contributed by atoms with van der Waals surface area (Å²) in [6, 6.07) is 1.47. The summed E-state index contributed by atoms with van der Waals surface area (Å²) in [6.07, 6.45) is 0. The number of rotatable bonds is 2. The summed E-state index contributed by atoms with van der Waals surface area (Å²) in [6.45, 7) is 2.03. The molecule has 1 N–H and O–H groups in total. The third-order valence-electron chi connectivity index (χ3n) is 1.14. The fourth-order valence-corrected chi connectivity index (χ4v) is 2.07. The summed E-state index contributed by atoms with van der Waals surface area (Å²) < 4.78 is 5.42. The van der Waals surface area contributed by atoms with Crippen LogP contribution in [0.4, 0.5) is 0 Å². The van der Waals surface area contributed by atoms with E-state index in [0.29, 0.717) is 10.4 Å². The van der Waals surface area contributed by atoms with Crippen molar-refractivity contribution in [3.8, 4) is 5.75 Å². The number of thiophene rings is 1. The van der Waals surface area contributed by atoms with Crippen LogP contribution in [-0.4, -0.2) is 17.7 Å². The first kappa shape index (κ1) is 9.54. The Labute approximate surface area is 82.1 Å². The van der Waals surface area contributed by atoms with Crippen molar-refractivity contribution in [2.45, 2.75) is 6.92 Å². The van der Waals surface area contributed by atoms with Crippen molar-refractivity contribution in [2.75, 3.05) is 6.61 Å². The van der Waals surface area contributed by atoms with Crippen molar-refractivity contribution >= 4 is 33.2 Å². The molecule has 0 unspecified atom stereocenters. The molecule has 0 aliphatic rings. The maximum Gasteiger partial charge on any atom is 0.352 e. The van der Waals surface area contributed by atoms with Gasteiger partial charge in [-0.15, -0.1) is 11.3 Å². The van der Waals surface area contributed by atoms with Crippen LogP contribution in [0.1, 0.15) is 16.6 Å². The van der Waals surface area contributed by atoms with Crippen LogP contribution in [0.2, 0.25) is 0 Å². The van der Waals surface area contributed by atoms with Gasteiger partial charge in [0.05, 0.1) is 10.4 Å². The number of esters is 1. The SMILES string of the molecule is CCOC(=O)c1sc(Br)cc1O. The Kier molecular flexibility index (Phi) is 3.11. The van der Waals surface area contributed by atoms with Gasteiger partial charge in [0.2, 0.25) is 0 Å². The summed E-state index contributed by atoms with van der Waals surface area (Å²) in [5, 5.41) is 9.21. The third kappa shape index (κ3) is 1.98. The maximum atomic E-state index is 11.1. The van der Waals surface area contributed by atoms with Gasteiger partial charge in [0.25, 0.3) is 0 Å². The molecular weight excluding hydrogens is 244 g/mol. The second-order valence-electron chi connectivity index (χ2n) is 1.99. The molecule has 0 aliphatic carbocycles. The van der Waals surface area contributed by atoms with Gasteiger partial charge in [-0.2, -0.15) is 0 Å². The van der Waals surface area contributed by atoms with Crippen LogP contribution in [0, 0.1) is 0 Å². The highest BCUT2D eigenvalue weighted by Gasteiger charge is 2.15. The van der Waals surface area contributed by atoms with Crippen molar-refractivity contribution in [1.82, 2.24) is 0 Å². The van der Waals surface area contributed by atoms with Crippen LogP contribution in [0.15, 0.2) is 9.85 Å². The number of ether oxygens (including phenoxy) is 1. The van der Waals surface area contributed by atoms with E-state index in [1.807, 2.05) is 0 Å². The van der Waals surface area contributed by atoms with Gasteiger partial charge in [-0.3, -0.25) is 0 Å².